The van der Waals surface area contributed by atoms with Crippen LogP contribution in [0.3, 0.4) is 0 Å². The summed E-state index contributed by atoms with van der Waals surface area (Å²) in [6, 6.07) is 2.03. The number of rotatable bonds is 0. The molecule has 1 aromatic heterocycles. The SMILES string of the molecule is CC1=CN=CC1.CC1=NC=CC1.Cc1cc[nH]c1. The van der Waals surface area contributed by atoms with Crippen LogP contribution in [-0.2, 0) is 0 Å². The standard InChI is InChI=1S/3C5H7N/c2*1-5-2-3-6-4-5;1-5-3-2-4-6-5/h3-4H,2H2,1H3;2-4,6H,1H3;2,4H,3H2,1H3. The third kappa shape index (κ3) is 6.63. The second-order valence-corrected chi connectivity index (χ2v) is 4.35. The minimum absolute atomic E-state index is 1.06. The Hall–Kier alpha value is -1.90. The third-order valence-corrected chi connectivity index (χ3v) is 2.38. The van der Waals surface area contributed by atoms with Crippen molar-refractivity contribution in [3.8, 4) is 0 Å². The molecular formula is C15H21N3. The van der Waals surface area contributed by atoms with Crippen LogP contribution in [0.15, 0.2) is 52.5 Å². The number of aromatic nitrogens is 1. The molecule has 2 aliphatic rings. The maximum Gasteiger partial charge on any atom is 0.0256 e. The first-order valence-corrected chi connectivity index (χ1v) is 6.13. The van der Waals surface area contributed by atoms with Crippen molar-refractivity contribution in [2.24, 2.45) is 9.98 Å². The predicted molar refractivity (Wildman–Crippen MR) is 79.3 cm³/mol. The number of hydrogen-bond donors (Lipinski definition) is 1. The van der Waals surface area contributed by atoms with E-state index in [1.807, 2.05) is 44.0 Å². The van der Waals surface area contributed by atoms with Gasteiger partial charge in [0.15, 0.2) is 0 Å². The Kier molecular flexibility index (Phi) is 6.47. The molecule has 0 saturated carbocycles. The Morgan fingerprint density at radius 1 is 1.17 bits per heavy atom. The van der Waals surface area contributed by atoms with Crippen molar-refractivity contribution in [3.05, 3.63) is 48.1 Å². The average Bonchev–Trinajstić information content (AvgIpc) is 3.05. The van der Waals surface area contributed by atoms with Crippen molar-refractivity contribution >= 4 is 11.9 Å². The van der Waals surface area contributed by atoms with E-state index in [2.05, 4.69) is 34.9 Å². The Balaban J connectivity index is 0.000000135. The summed E-state index contributed by atoms with van der Waals surface area (Å²) in [6.45, 7) is 6.16. The first-order chi connectivity index (χ1) is 8.68. The number of aromatic amines is 1. The summed E-state index contributed by atoms with van der Waals surface area (Å²) >= 11 is 0. The van der Waals surface area contributed by atoms with E-state index in [1.54, 1.807) is 0 Å². The summed E-state index contributed by atoms with van der Waals surface area (Å²) < 4.78 is 0. The van der Waals surface area contributed by atoms with Crippen molar-refractivity contribution in [2.75, 3.05) is 0 Å². The van der Waals surface area contributed by atoms with E-state index in [9.17, 15) is 0 Å². The molecular weight excluding hydrogens is 222 g/mol. The zero-order valence-corrected chi connectivity index (χ0v) is 11.4. The molecule has 3 heterocycles. The molecule has 2 aliphatic heterocycles. The molecule has 1 N–H and O–H groups in total. The van der Waals surface area contributed by atoms with Crippen molar-refractivity contribution < 1.29 is 0 Å². The quantitative estimate of drug-likeness (QED) is 0.714. The maximum absolute atomic E-state index is 3.97. The molecule has 0 amide bonds. The molecule has 3 rings (SSSR count). The van der Waals surface area contributed by atoms with Crippen LogP contribution in [-0.4, -0.2) is 16.9 Å². The van der Waals surface area contributed by atoms with Gasteiger partial charge in [-0.05, 0) is 38.0 Å². The predicted octanol–water partition coefficient (Wildman–Crippen LogP) is 4.05. The van der Waals surface area contributed by atoms with Gasteiger partial charge in [-0.2, -0.15) is 0 Å². The zero-order chi connectivity index (χ0) is 13.2. The molecule has 0 bridgehead atoms. The van der Waals surface area contributed by atoms with Crippen LogP contribution in [0.5, 0.6) is 0 Å². The minimum Gasteiger partial charge on any atom is -0.367 e. The highest BCUT2D eigenvalue weighted by atomic mass is 14.7. The van der Waals surface area contributed by atoms with Crippen LogP contribution in [0, 0.1) is 6.92 Å². The van der Waals surface area contributed by atoms with Gasteiger partial charge in [0.1, 0.15) is 0 Å². The summed E-state index contributed by atoms with van der Waals surface area (Å²) in [4.78, 5) is 10.8. The molecule has 3 heteroatoms. The number of aliphatic imine (C=N–C) groups is 2. The van der Waals surface area contributed by atoms with E-state index in [0.29, 0.717) is 0 Å². The molecule has 18 heavy (non-hydrogen) atoms. The van der Waals surface area contributed by atoms with Crippen molar-refractivity contribution in [1.82, 2.24) is 4.98 Å². The molecule has 0 atom stereocenters. The van der Waals surface area contributed by atoms with Gasteiger partial charge in [-0.15, -0.1) is 0 Å². The third-order valence-electron chi connectivity index (χ3n) is 2.38. The van der Waals surface area contributed by atoms with Gasteiger partial charge in [0.25, 0.3) is 0 Å². The molecule has 3 nitrogen and oxygen atoms in total. The number of hydrogen-bond acceptors (Lipinski definition) is 2. The average molecular weight is 243 g/mol. The first-order valence-electron chi connectivity index (χ1n) is 6.13. The van der Waals surface area contributed by atoms with E-state index >= 15 is 0 Å². The van der Waals surface area contributed by atoms with Gasteiger partial charge < -0.3 is 4.98 Å². The smallest absolute Gasteiger partial charge is 0.0256 e. The van der Waals surface area contributed by atoms with Gasteiger partial charge in [0, 0.05) is 49.6 Å². The highest BCUT2D eigenvalue weighted by Crippen LogP contribution is 2.02. The summed E-state index contributed by atoms with van der Waals surface area (Å²) in [5.41, 5.74) is 3.86. The van der Waals surface area contributed by atoms with Gasteiger partial charge in [-0.3, -0.25) is 9.98 Å². The zero-order valence-electron chi connectivity index (χ0n) is 11.4. The van der Waals surface area contributed by atoms with E-state index < -0.39 is 0 Å². The topological polar surface area (TPSA) is 40.5 Å². The number of aryl methyl sites for hydroxylation is 1. The number of H-pyrrole nitrogens is 1. The fraction of sp³-hybridized carbons (Fsp3) is 0.333. The largest absolute Gasteiger partial charge is 0.367 e. The fourth-order valence-corrected chi connectivity index (χ4v) is 1.29. The van der Waals surface area contributed by atoms with Crippen LogP contribution in [0.4, 0.5) is 0 Å². The highest BCUT2D eigenvalue weighted by Gasteiger charge is 1.88. The van der Waals surface area contributed by atoms with Crippen LogP contribution in [0.1, 0.15) is 32.3 Å². The van der Waals surface area contributed by atoms with Crippen LogP contribution >= 0.6 is 0 Å². The Bertz CT molecular complexity index is 420. The van der Waals surface area contributed by atoms with E-state index in [-0.39, 0.29) is 0 Å². The normalized spacial score (nSPS) is 15.3. The molecule has 1 aromatic rings. The number of nitrogens with zero attached hydrogens (tertiary/aromatic N) is 2. The van der Waals surface area contributed by atoms with E-state index in [0.717, 1.165) is 12.8 Å². The van der Waals surface area contributed by atoms with Crippen molar-refractivity contribution in [2.45, 2.75) is 33.6 Å². The van der Waals surface area contributed by atoms with Crippen LogP contribution in [0.25, 0.3) is 0 Å². The Morgan fingerprint density at radius 2 is 2.00 bits per heavy atom. The lowest BCUT2D eigenvalue weighted by molar-refractivity contribution is 1.32. The molecule has 0 unspecified atom stereocenters. The van der Waals surface area contributed by atoms with E-state index in [4.69, 9.17) is 0 Å². The summed E-state index contributed by atoms with van der Waals surface area (Å²) in [5.74, 6) is 0. The maximum atomic E-state index is 3.97. The van der Waals surface area contributed by atoms with Crippen LogP contribution in [0.2, 0.25) is 0 Å². The summed E-state index contributed by atoms with van der Waals surface area (Å²) in [7, 11) is 0. The van der Waals surface area contributed by atoms with Gasteiger partial charge >= 0.3 is 0 Å². The molecule has 0 saturated heterocycles. The lowest BCUT2D eigenvalue weighted by Crippen LogP contribution is -1.78. The minimum atomic E-state index is 1.06. The lowest BCUT2D eigenvalue weighted by atomic mass is 10.3. The van der Waals surface area contributed by atoms with Crippen molar-refractivity contribution in [3.63, 3.8) is 0 Å². The molecule has 96 valence electrons. The molecule has 0 radical (unpaired) electrons. The molecule has 0 spiro atoms. The number of allylic oxidation sites excluding steroid dienone is 2. The van der Waals surface area contributed by atoms with Gasteiger partial charge in [0.05, 0.1) is 0 Å². The molecule has 0 fully saturated rings. The monoisotopic (exact) mass is 243 g/mol. The summed E-state index contributed by atoms with van der Waals surface area (Å²) in [5, 5.41) is 0. The Labute approximate surface area is 109 Å². The van der Waals surface area contributed by atoms with E-state index in [1.165, 1.54) is 16.8 Å². The van der Waals surface area contributed by atoms with Gasteiger partial charge in [-0.1, -0.05) is 6.08 Å². The molecule has 0 aromatic carbocycles. The van der Waals surface area contributed by atoms with Gasteiger partial charge in [-0.25, -0.2) is 0 Å². The highest BCUT2D eigenvalue weighted by molar-refractivity contribution is 5.85. The molecule has 0 aliphatic carbocycles. The summed E-state index contributed by atoms with van der Waals surface area (Å²) in [6.07, 6.45) is 13.7. The Morgan fingerprint density at radius 3 is 2.17 bits per heavy atom. The van der Waals surface area contributed by atoms with Crippen LogP contribution < -0.4 is 0 Å². The second-order valence-electron chi connectivity index (χ2n) is 4.35. The second kappa shape index (κ2) is 8.23. The van der Waals surface area contributed by atoms with Crippen molar-refractivity contribution in [1.29, 1.82) is 0 Å². The first kappa shape index (κ1) is 14.2. The fourth-order valence-electron chi connectivity index (χ4n) is 1.29. The lowest BCUT2D eigenvalue weighted by Gasteiger charge is -1.76. The number of nitrogens with one attached hydrogen (secondary N) is 1. The van der Waals surface area contributed by atoms with Gasteiger partial charge in [0.2, 0.25) is 0 Å².